The Labute approximate surface area is 105 Å². The smallest absolute Gasteiger partial charge is 0.136 e. The van der Waals surface area contributed by atoms with Crippen molar-refractivity contribution in [1.29, 1.82) is 0 Å². The van der Waals surface area contributed by atoms with E-state index in [9.17, 15) is 4.79 Å². The van der Waals surface area contributed by atoms with Crippen LogP contribution in [0.1, 0.15) is 24.8 Å². The number of hydrogen-bond donors (Lipinski definition) is 0. The fourth-order valence-electron chi connectivity index (χ4n) is 1.85. The van der Waals surface area contributed by atoms with Gasteiger partial charge in [0, 0.05) is 22.9 Å². The zero-order valence-electron chi connectivity index (χ0n) is 8.80. The fraction of sp³-hybridized carbons (Fsp3) is 0.308. The summed E-state index contributed by atoms with van der Waals surface area (Å²) in [5.74, 6) is 0.314. The lowest BCUT2D eigenvalue weighted by molar-refractivity contribution is -0.118. The van der Waals surface area contributed by atoms with Gasteiger partial charge in [0.1, 0.15) is 5.78 Å². The van der Waals surface area contributed by atoms with Crippen LogP contribution in [0.15, 0.2) is 29.8 Å². The summed E-state index contributed by atoms with van der Waals surface area (Å²) in [6.45, 7) is 0. The molecule has 0 saturated heterocycles. The monoisotopic (exact) mass is 254 g/mol. The Balaban J connectivity index is 2.18. The van der Waals surface area contributed by atoms with Gasteiger partial charge in [0.2, 0.25) is 0 Å². The molecule has 0 aliphatic heterocycles. The highest BCUT2D eigenvalue weighted by molar-refractivity contribution is 6.36. The molecular formula is C13H12Cl2O. The number of halogens is 2. The molecule has 0 amide bonds. The molecule has 1 aliphatic carbocycles. The first-order valence-electron chi connectivity index (χ1n) is 5.29. The van der Waals surface area contributed by atoms with Crippen molar-refractivity contribution in [2.45, 2.75) is 25.7 Å². The summed E-state index contributed by atoms with van der Waals surface area (Å²) in [6.07, 6.45) is 4.79. The minimum absolute atomic E-state index is 0.314. The summed E-state index contributed by atoms with van der Waals surface area (Å²) in [4.78, 5) is 11.1. The first-order chi connectivity index (χ1) is 7.66. The van der Waals surface area contributed by atoms with Gasteiger partial charge in [0.05, 0.1) is 0 Å². The number of hydrogen-bond acceptors (Lipinski definition) is 1. The average molecular weight is 255 g/mol. The number of ketones is 1. The van der Waals surface area contributed by atoms with Gasteiger partial charge < -0.3 is 0 Å². The number of benzene rings is 1. The Hall–Kier alpha value is -0.790. The van der Waals surface area contributed by atoms with Gasteiger partial charge in [0.15, 0.2) is 0 Å². The lowest BCUT2D eigenvalue weighted by Gasteiger charge is -2.13. The van der Waals surface area contributed by atoms with Gasteiger partial charge in [-0.3, -0.25) is 4.79 Å². The fourth-order valence-corrected chi connectivity index (χ4v) is 2.38. The van der Waals surface area contributed by atoms with Crippen molar-refractivity contribution in [2.24, 2.45) is 0 Å². The van der Waals surface area contributed by atoms with Gasteiger partial charge in [-0.1, -0.05) is 40.9 Å². The van der Waals surface area contributed by atoms with E-state index in [1.165, 1.54) is 5.57 Å². The largest absolute Gasteiger partial charge is 0.299 e. The lowest BCUT2D eigenvalue weighted by Crippen LogP contribution is -2.05. The predicted molar refractivity (Wildman–Crippen MR) is 67.1 cm³/mol. The van der Waals surface area contributed by atoms with Crippen LogP contribution in [-0.2, 0) is 11.2 Å². The van der Waals surface area contributed by atoms with Crippen LogP contribution < -0.4 is 0 Å². The van der Waals surface area contributed by atoms with E-state index in [-0.39, 0.29) is 0 Å². The first-order valence-corrected chi connectivity index (χ1v) is 6.05. The zero-order valence-corrected chi connectivity index (χ0v) is 10.3. The third-order valence-electron chi connectivity index (χ3n) is 2.81. The Morgan fingerprint density at radius 2 is 1.81 bits per heavy atom. The molecule has 1 aliphatic rings. The van der Waals surface area contributed by atoms with Gasteiger partial charge in [-0.05, 0) is 30.5 Å². The molecule has 0 bridgehead atoms. The molecule has 0 fully saturated rings. The van der Waals surface area contributed by atoms with E-state index < -0.39 is 0 Å². The Morgan fingerprint density at radius 3 is 2.38 bits per heavy atom. The predicted octanol–water partition coefficient (Wildman–Crippen LogP) is 4.22. The van der Waals surface area contributed by atoms with E-state index in [2.05, 4.69) is 0 Å². The van der Waals surface area contributed by atoms with Crippen LogP contribution in [0.2, 0.25) is 10.0 Å². The van der Waals surface area contributed by atoms with Gasteiger partial charge >= 0.3 is 0 Å². The molecule has 0 heterocycles. The normalized spacial score (nSPS) is 16.1. The van der Waals surface area contributed by atoms with Crippen LogP contribution in [0.5, 0.6) is 0 Å². The zero-order chi connectivity index (χ0) is 11.5. The minimum Gasteiger partial charge on any atom is -0.299 e. The highest BCUT2D eigenvalue weighted by atomic mass is 35.5. The molecule has 3 heteroatoms. The quantitative estimate of drug-likeness (QED) is 0.723. The molecule has 1 aromatic rings. The number of carbonyl (C=O) groups is 1. The summed E-state index contributed by atoms with van der Waals surface area (Å²) in [5.41, 5.74) is 2.22. The van der Waals surface area contributed by atoms with E-state index in [0.29, 0.717) is 28.7 Å². The maximum Gasteiger partial charge on any atom is 0.136 e. The second kappa shape index (κ2) is 5.03. The van der Waals surface area contributed by atoms with Crippen LogP contribution in [0.4, 0.5) is 0 Å². The third-order valence-corrected chi connectivity index (χ3v) is 3.52. The van der Waals surface area contributed by atoms with Crippen LogP contribution in [0.25, 0.3) is 0 Å². The molecule has 0 radical (unpaired) electrons. The molecule has 2 rings (SSSR count). The van der Waals surface area contributed by atoms with Crippen LogP contribution in [0.3, 0.4) is 0 Å². The summed E-state index contributed by atoms with van der Waals surface area (Å²) in [6, 6.07) is 5.53. The number of carbonyl (C=O) groups excluding carboxylic acids is 1. The van der Waals surface area contributed by atoms with Gasteiger partial charge in [0.25, 0.3) is 0 Å². The van der Waals surface area contributed by atoms with Crippen LogP contribution in [-0.4, -0.2) is 5.78 Å². The minimum atomic E-state index is 0.314. The molecule has 1 nitrogen and oxygen atoms in total. The number of Topliss-reactive ketones (excluding diaryl/α,β-unsaturated/α-hetero) is 1. The van der Waals surface area contributed by atoms with Gasteiger partial charge in [-0.25, -0.2) is 0 Å². The first kappa shape index (κ1) is 11.7. The van der Waals surface area contributed by atoms with Gasteiger partial charge in [-0.2, -0.15) is 0 Å². The van der Waals surface area contributed by atoms with Crippen molar-refractivity contribution in [3.63, 3.8) is 0 Å². The van der Waals surface area contributed by atoms with Crippen molar-refractivity contribution < 1.29 is 4.79 Å². The molecule has 0 N–H and O–H groups in total. The van der Waals surface area contributed by atoms with E-state index in [0.717, 1.165) is 18.4 Å². The van der Waals surface area contributed by atoms with Gasteiger partial charge in [-0.15, -0.1) is 0 Å². The standard InChI is InChI=1S/C13H12Cl2O/c14-12-2-1-3-13(15)11(12)8-9-4-6-10(16)7-5-9/h1-4H,5-8H2. The highest BCUT2D eigenvalue weighted by Gasteiger charge is 2.13. The molecule has 84 valence electrons. The second-order valence-electron chi connectivity index (χ2n) is 3.98. The molecule has 0 unspecified atom stereocenters. The molecule has 0 spiro atoms. The average Bonchev–Trinajstić information content (AvgIpc) is 2.26. The molecule has 0 saturated carbocycles. The highest BCUT2D eigenvalue weighted by Crippen LogP contribution is 2.29. The Morgan fingerprint density at radius 1 is 1.12 bits per heavy atom. The molecule has 16 heavy (non-hydrogen) atoms. The van der Waals surface area contributed by atoms with E-state index >= 15 is 0 Å². The van der Waals surface area contributed by atoms with Crippen molar-refractivity contribution in [2.75, 3.05) is 0 Å². The lowest BCUT2D eigenvalue weighted by atomic mass is 9.93. The third kappa shape index (κ3) is 2.66. The second-order valence-corrected chi connectivity index (χ2v) is 4.80. The maximum atomic E-state index is 11.1. The Bertz CT molecular complexity index is 429. The summed E-state index contributed by atoms with van der Waals surface area (Å²) in [7, 11) is 0. The van der Waals surface area contributed by atoms with Crippen molar-refractivity contribution >= 4 is 29.0 Å². The van der Waals surface area contributed by atoms with Crippen LogP contribution in [0, 0.1) is 0 Å². The van der Waals surface area contributed by atoms with Crippen molar-refractivity contribution in [3.8, 4) is 0 Å². The van der Waals surface area contributed by atoms with E-state index in [4.69, 9.17) is 23.2 Å². The number of rotatable bonds is 2. The molecule has 0 atom stereocenters. The van der Waals surface area contributed by atoms with E-state index in [1.807, 2.05) is 24.3 Å². The summed E-state index contributed by atoms with van der Waals surface area (Å²) in [5, 5.41) is 1.40. The molecular weight excluding hydrogens is 243 g/mol. The topological polar surface area (TPSA) is 17.1 Å². The SMILES string of the molecule is O=C1CC=C(Cc2c(Cl)cccc2Cl)CC1. The van der Waals surface area contributed by atoms with Crippen molar-refractivity contribution in [3.05, 3.63) is 45.5 Å². The van der Waals surface area contributed by atoms with Crippen molar-refractivity contribution in [1.82, 2.24) is 0 Å². The molecule has 1 aromatic carbocycles. The summed E-state index contributed by atoms with van der Waals surface area (Å²) >= 11 is 12.2. The Kier molecular flexibility index (Phi) is 3.67. The summed E-state index contributed by atoms with van der Waals surface area (Å²) < 4.78 is 0. The van der Waals surface area contributed by atoms with Crippen LogP contribution >= 0.6 is 23.2 Å². The van der Waals surface area contributed by atoms with E-state index in [1.54, 1.807) is 0 Å². The number of allylic oxidation sites excluding steroid dienone is 2. The molecule has 0 aromatic heterocycles. The maximum absolute atomic E-state index is 11.1.